The monoisotopic (exact) mass is 344 g/mol. The lowest BCUT2D eigenvalue weighted by molar-refractivity contribution is -0.127. The molecule has 0 aromatic heterocycles. The van der Waals surface area contributed by atoms with Gasteiger partial charge in [0.2, 0.25) is 0 Å². The van der Waals surface area contributed by atoms with Crippen LogP contribution in [0.5, 0.6) is 0 Å². The van der Waals surface area contributed by atoms with Crippen LogP contribution in [0.25, 0.3) is 0 Å². The molecule has 0 atom stereocenters. The molecular formula is C22H48O2. The molecule has 0 saturated carbocycles. The van der Waals surface area contributed by atoms with Crippen LogP contribution >= 0.6 is 0 Å². The van der Waals surface area contributed by atoms with Crippen LogP contribution in [0.1, 0.15) is 110 Å². The minimum atomic E-state index is -0.0469. The Hall–Kier alpha value is -0.0800. The standard InChI is InChI=1S/C12H26O.C10H22O/c1-10(2,3)9-12(7,8)13-11(4,5)6;1-9(2,3)7-8-11-10(4,5)6/h9H2,1-8H3;7-8H2,1-6H3. The van der Waals surface area contributed by atoms with E-state index in [2.05, 4.69) is 96.9 Å². The lowest BCUT2D eigenvalue weighted by Gasteiger charge is -2.38. The van der Waals surface area contributed by atoms with E-state index in [-0.39, 0.29) is 16.8 Å². The van der Waals surface area contributed by atoms with Gasteiger partial charge >= 0.3 is 0 Å². The number of rotatable bonds is 4. The third-order valence-corrected chi connectivity index (χ3v) is 2.93. The summed E-state index contributed by atoms with van der Waals surface area (Å²) in [6.45, 7) is 31.3. The molecule has 0 aromatic carbocycles. The Morgan fingerprint density at radius 1 is 0.542 bits per heavy atom. The van der Waals surface area contributed by atoms with Crippen molar-refractivity contribution in [1.82, 2.24) is 0 Å². The fourth-order valence-electron chi connectivity index (χ4n) is 2.81. The van der Waals surface area contributed by atoms with Gasteiger partial charge in [0.05, 0.1) is 16.8 Å². The van der Waals surface area contributed by atoms with Crippen molar-refractivity contribution in [3.05, 3.63) is 0 Å². The first kappa shape index (κ1) is 26.2. The summed E-state index contributed by atoms with van der Waals surface area (Å²) < 4.78 is 11.6. The fourth-order valence-corrected chi connectivity index (χ4v) is 2.81. The first-order valence-electron chi connectivity index (χ1n) is 9.46. The van der Waals surface area contributed by atoms with Gasteiger partial charge in [-0.25, -0.2) is 0 Å². The fraction of sp³-hybridized carbons (Fsp3) is 1.00. The van der Waals surface area contributed by atoms with E-state index in [1.807, 2.05) is 0 Å². The molecular weight excluding hydrogens is 296 g/mol. The van der Waals surface area contributed by atoms with Crippen molar-refractivity contribution in [3.63, 3.8) is 0 Å². The van der Waals surface area contributed by atoms with Gasteiger partial charge in [0, 0.05) is 6.61 Å². The van der Waals surface area contributed by atoms with Gasteiger partial charge in [-0.3, -0.25) is 0 Å². The summed E-state index contributed by atoms with van der Waals surface area (Å²) in [5.74, 6) is 0. The molecule has 24 heavy (non-hydrogen) atoms. The second-order valence-electron chi connectivity index (χ2n) is 12.0. The van der Waals surface area contributed by atoms with Gasteiger partial charge in [0.25, 0.3) is 0 Å². The molecule has 0 spiro atoms. The molecule has 0 amide bonds. The Morgan fingerprint density at radius 2 is 0.958 bits per heavy atom. The molecule has 0 saturated heterocycles. The van der Waals surface area contributed by atoms with Crippen LogP contribution in [-0.2, 0) is 9.47 Å². The summed E-state index contributed by atoms with van der Waals surface area (Å²) >= 11 is 0. The van der Waals surface area contributed by atoms with Crippen LogP contribution < -0.4 is 0 Å². The van der Waals surface area contributed by atoms with Crippen molar-refractivity contribution < 1.29 is 9.47 Å². The van der Waals surface area contributed by atoms with Crippen molar-refractivity contribution in [2.24, 2.45) is 10.8 Å². The van der Waals surface area contributed by atoms with E-state index in [0.717, 1.165) is 19.4 Å². The Morgan fingerprint density at radius 3 is 1.21 bits per heavy atom. The molecule has 0 radical (unpaired) electrons. The summed E-state index contributed by atoms with van der Waals surface area (Å²) in [7, 11) is 0. The summed E-state index contributed by atoms with van der Waals surface area (Å²) in [6, 6.07) is 0. The van der Waals surface area contributed by atoms with Gasteiger partial charge in [-0.05, 0) is 79.1 Å². The first-order valence-corrected chi connectivity index (χ1v) is 9.46. The summed E-state index contributed by atoms with van der Waals surface area (Å²) in [4.78, 5) is 0. The van der Waals surface area contributed by atoms with Gasteiger partial charge in [-0.1, -0.05) is 41.5 Å². The minimum absolute atomic E-state index is 0.0191. The Kier molecular flexibility index (Phi) is 9.84. The lowest BCUT2D eigenvalue weighted by atomic mass is 9.83. The third-order valence-electron chi connectivity index (χ3n) is 2.93. The van der Waals surface area contributed by atoms with E-state index in [1.54, 1.807) is 0 Å². The zero-order chi connectivity index (χ0) is 20.0. The van der Waals surface area contributed by atoms with Crippen molar-refractivity contribution in [1.29, 1.82) is 0 Å². The van der Waals surface area contributed by atoms with Gasteiger partial charge in [-0.15, -0.1) is 0 Å². The summed E-state index contributed by atoms with van der Waals surface area (Å²) in [5, 5.41) is 0. The van der Waals surface area contributed by atoms with E-state index < -0.39 is 0 Å². The molecule has 0 fully saturated rings. The Labute approximate surface area is 154 Å². The van der Waals surface area contributed by atoms with E-state index in [1.165, 1.54) is 0 Å². The van der Waals surface area contributed by atoms with Gasteiger partial charge in [0.1, 0.15) is 0 Å². The van der Waals surface area contributed by atoms with Gasteiger partial charge in [0.15, 0.2) is 0 Å². The average molecular weight is 345 g/mol. The zero-order valence-electron chi connectivity index (χ0n) is 19.4. The molecule has 0 aliphatic rings. The molecule has 0 aliphatic carbocycles. The minimum Gasteiger partial charge on any atom is -0.376 e. The predicted molar refractivity (Wildman–Crippen MR) is 109 cm³/mol. The highest BCUT2D eigenvalue weighted by Gasteiger charge is 2.30. The van der Waals surface area contributed by atoms with Crippen molar-refractivity contribution in [3.8, 4) is 0 Å². The molecule has 0 N–H and O–H groups in total. The molecule has 0 aliphatic heterocycles. The maximum Gasteiger partial charge on any atom is 0.0638 e. The van der Waals surface area contributed by atoms with Gasteiger partial charge < -0.3 is 9.47 Å². The highest BCUT2D eigenvalue weighted by Crippen LogP contribution is 2.32. The molecule has 0 aromatic rings. The maximum atomic E-state index is 6.00. The topological polar surface area (TPSA) is 18.5 Å². The molecule has 2 heteroatoms. The molecule has 0 unspecified atom stereocenters. The average Bonchev–Trinajstić information content (AvgIpc) is 2.03. The normalized spacial score (nSPS) is 14.2. The van der Waals surface area contributed by atoms with Crippen LogP contribution in [0.4, 0.5) is 0 Å². The Balaban J connectivity index is 0. The van der Waals surface area contributed by atoms with Crippen molar-refractivity contribution in [2.75, 3.05) is 6.61 Å². The van der Waals surface area contributed by atoms with E-state index >= 15 is 0 Å². The van der Waals surface area contributed by atoms with Crippen molar-refractivity contribution >= 4 is 0 Å². The van der Waals surface area contributed by atoms with E-state index in [9.17, 15) is 0 Å². The van der Waals surface area contributed by atoms with Crippen LogP contribution in [-0.4, -0.2) is 23.4 Å². The first-order chi connectivity index (χ1) is 10.1. The number of hydrogen-bond donors (Lipinski definition) is 0. The largest absolute Gasteiger partial charge is 0.376 e. The lowest BCUT2D eigenvalue weighted by Crippen LogP contribution is -2.37. The second-order valence-corrected chi connectivity index (χ2v) is 12.0. The summed E-state index contributed by atoms with van der Waals surface area (Å²) in [6.07, 6.45) is 2.21. The summed E-state index contributed by atoms with van der Waals surface area (Å²) in [5.41, 5.74) is 0.663. The number of hydrogen-bond acceptors (Lipinski definition) is 2. The molecule has 2 nitrogen and oxygen atoms in total. The molecule has 0 bridgehead atoms. The second kappa shape index (κ2) is 9.03. The maximum absolute atomic E-state index is 6.00. The van der Waals surface area contributed by atoms with Crippen molar-refractivity contribution in [2.45, 2.75) is 127 Å². The van der Waals surface area contributed by atoms with Crippen LogP contribution in [0, 0.1) is 10.8 Å². The highest BCUT2D eigenvalue weighted by molar-refractivity contribution is 4.79. The zero-order valence-corrected chi connectivity index (χ0v) is 19.4. The molecule has 0 heterocycles. The van der Waals surface area contributed by atoms with Crippen LogP contribution in [0.15, 0.2) is 0 Å². The van der Waals surface area contributed by atoms with Crippen LogP contribution in [0.3, 0.4) is 0 Å². The van der Waals surface area contributed by atoms with Gasteiger partial charge in [-0.2, -0.15) is 0 Å². The predicted octanol–water partition coefficient (Wildman–Crippen LogP) is 7.25. The highest BCUT2D eigenvalue weighted by atomic mass is 16.5. The van der Waals surface area contributed by atoms with E-state index in [4.69, 9.17) is 9.47 Å². The number of ether oxygens (including phenoxy) is 2. The third kappa shape index (κ3) is 24.2. The SMILES string of the molecule is CC(C)(C)CC(C)(C)OC(C)(C)C.CC(C)(C)CCOC(C)(C)C. The molecule has 148 valence electrons. The van der Waals surface area contributed by atoms with E-state index in [0.29, 0.717) is 10.8 Å². The quantitative estimate of drug-likeness (QED) is 0.534. The van der Waals surface area contributed by atoms with Crippen LogP contribution in [0.2, 0.25) is 0 Å². The smallest absolute Gasteiger partial charge is 0.0638 e. The molecule has 0 rings (SSSR count). The Bertz CT molecular complexity index is 295.